The van der Waals surface area contributed by atoms with Crippen LogP contribution in [0.4, 0.5) is 10.5 Å². The lowest BCUT2D eigenvalue weighted by atomic mass is 9.87. The number of nitrogens with zero attached hydrogens (tertiary/aromatic N) is 1. The first-order valence-electron chi connectivity index (χ1n) is 6.64. The van der Waals surface area contributed by atoms with Crippen LogP contribution in [0.5, 0.6) is 0 Å². The summed E-state index contributed by atoms with van der Waals surface area (Å²) in [5.74, 6) is 0. The Morgan fingerprint density at radius 1 is 1.32 bits per heavy atom. The van der Waals surface area contributed by atoms with E-state index in [4.69, 9.17) is 4.74 Å². The first kappa shape index (κ1) is 13.9. The molecule has 1 fully saturated rings. The van der Waals surface area contributed by atoms with E-state index in [1.165, 1.54) is 5.56 Å². The lowest BCUT2D eigenvalue weighted by Gasteiger charge is -2.23. The second kappa shape index (κ2) is 5.21. The normalized spacial score (nSPS) is 19.7. The number of anilines is 1. The van der Waals surface area contributed by atoms with Gasteiger partial charge in [-0.15, -0.1) is 0 Å². The fraction of sp³-hybridized carbons (Fsp3) is 0.533. The molecule has 1 amide bonds. The molecule has 0 aromatic heterocycles. The van der Waals surface area contributed by atoms with Crippen LogP contribution >= 0.6 is 0 Å². The zero-order valence-electron chi connectivity index (χ0n) is 12.1. The molecule has 4 heteroatoms. The summed E-state index contributed by atoms with van der Waals surface area (Å²) in [4.78, 5) is 13.5. The molecule has 1 atom stereocenters. The highest BCUT2D eigenvalue weighted by molar-refractivity contribution is 5.90. The first-order chi connectivity index (χ1) is 8.93. The summed E-state index contributed by atoms with van der Waals surface area (Å²) in [6.07, 6.45) is -0.260. The standard InChI is InChI=1S/C15H22N2O2/c1-15(2,3)11-5-7-12(8-6-11)17-13(9-16-4)10-19-14(17)18/h5-8,13,16H,9-10H2,1-4H3. The maximum atomic E-state index is 11.8. The Kier molecular flexibility index (Phi) is 3.80. The monoisotopic (exact) mass is 262 g/mol. The number of carbonyl (C=O) groups excluding carboxylic acids is 1. The van der Waals surface area contributed by atoms with Gasteiger partial charge in [0, 0.05) is 12.2 Å². The second-order valence-electron chi connectivity index (χ2n) is 5.96. The largest absolute Gasteiger partial charge is 0.447 e. The molecule has 104 valence electrons. The highest BCUT2D eigenvalue weighted by atomic mass is 16.6. The highest BCUT2D eigenvalue weighted by Crippen LogP contribution is 2.27. The predicted molar refractivity (Wildman–Crippen MR) is 76.7 cm³/mol. The Morgan fingerprint density at radius 2 is 1.95 bits per heavy atom. The third-order valence-corrected chi connectivity index (χ3v) is 3.41. The average molecular weight is 262 g/mol. The van der Waals surface area contributed by atoms with Gasteiger partial charge in [0.25, 0.3) is 0 Å². The first-order valence-corrected chi connectivity index (χ1v) is 6.64. The van der Waals surface area contributed by atoms with Crippen molar-refractivity contribution in [2.45, 2.75) is 32.2 Å². The maximum Gasteiger partial charge on any atom is 0.414 e. The second-order valence-corrected chi connectivity index (χ2v) is 5.96. The zero-order valence-corrected chi connectivity index (χ0v) is 12.1. The SMILES string of the molecule is CNCC1COC(=O)N1c1ccc(C(C)(C)C)cc1. The molecule has 1 heterocycles. The molecule has 4 nitrogen and oxygen atoms in total. The highest BCUT2D eigenvalue weighted by Gasteiger charge is 2.33. The van der Waals surface area contributed by atoms with Crippen molar-refractivity contribution in [3.8, 4) is 0 Å². The van der Waals surface area contributed by atoms with Crippen molar-refractivity contribution in [2.24, 2.45) is 0 Å². The van der Waals surface area contributed by atoms with Crippen molar-refractivity contribution >= 4 is 11.8 Å². The van der Waals surface area contributed by atoms with Crippen molar-refractivity contribution < 1.29 is 9.53 Å². The van der Waals surface area contributed by atoms with Gasteiger partial charge in [-0.05, 0) is 30.2 Å². The number of nitrogens with one attached hydrogen (secondary N) is 1. The summed E-state index contributed by atoms with van der Waals surface area (Å²) in [5.41, 5.74) is 2.28. The van der Waals surface area contributed by atoms with Crippen LogP contribution in [0.2, 0.25) is 0 Å². The van der Waals surface area contributed by atoms with Gasteiger partial charge in [-0.25, -0.2) is 4.79 Å². The molecule has 0 saturated carbocycles. The van der Waals surface area contributed by atoms with Crippen LogP contribution in [-0.2, 0) is 10.2 Å². The van der Waals surface area contributed by atoms with E-state index in [0.717, 1.165) is 12.2 Å². The zero-order chi connectivity index (χ0) is 14.0. The van der Waals surface area contributed by atoms with Crippen molar-refractivity contribution in [3.05, 3.63) is 29.8 Å². The van der Waals surface area contributed by atoms with Crippen molar-refractivity contribution in [3.63, 3.8) is 0 Å². The molecular formula is C15H22N2O2. The summed E-state index contributed by atoms with van der Waals surface area (Å²) >= 11 is 0. The van der Waals surface area contributed by atoms with Crippen LogP contribution in [0.15, 0.2) is 24.3 Å². The number of likely N-dealkylation sites (N-methyl/N-ethyl adjacent to an activating group) is 1. The molecule has 1 unspecified atom stereocenters. The van der Waals surface area contributed by atoms with Gasteiger partial charge >= 0.3 is 6.09 Å². The van der Waals surface area contributed by atoms with E-state index in [1.54, 1.807) is 4.90 Å². The topological polar surface area (TPSA) is 41.6 Å². The Labute approximate surface area is 114 Å². The van der Waals surface area contributed by atoms with Crippen LogP contribution in [0.3, 0.4) is 0 Å². The summed E-state index contributed by atoms with van der Waals surface area (Å²) < 4.78 is 5.13. The molecule has 0 aliphatic carbocycles. The van der Waals surface area contributed by atoms with Gasteiger partial charge in [0.05, 0.1) is 6.04 Å². The molecule has 0 radical (unpaired) electrons. The van der Waals surface area contributed by atoms with E-state index in [2.05, 4.69) is 38.2 Å². The smallest absolute Gasteiger partial charge is 0.414 e. The third kappa shape index (κ3) is 2.89. The third-order valence-electron chi connectivity index (χ3n) is 3.41. The van der Waals surface area contributed by atoms with Crippen molar-refractivity contribution in [2.75, 3.05) is 25.1 Å². The van der Waals surface area contributed by atoms with Crippen LogP contribution in [0, 0.1) is 0 Å². The summed E-state index contributed by atoms with van der Waals surface area (Å²) in [6, 6.07) is 8.22. The fourth-order valence-electron chi connectivity index (χ4n) is 2.28. The van der Waals surface area contributed by atoms with Gasteiger partial charge in [0.1, 0.15) is 6.61 Å². The number of cyclic esters (lactones) is 1. The lowest BCUT2D eigenvalue weighted by molar-refractivity contribution is 0.178. The Morgan fingerprint density at radius 3 is 2.47 bits per heavy atom. The van der Waals surface area contributed by atoms with Crippen LogP contribution in [0.1, 0.15) is 26.3 Å². The molecule has 1 aliphatic heterocycles. The van der Waals surface area contributed by atoms with Gasteiger partial charge in [-0.3, -0.25) is 4.90 Å². The van der Waals surface area contributed by atoms with Gasteiger partial charge in [-0.2, -0.15) is 0 Å². The van der Waals surface area contributed by atoms with E-state index >= 15 is 0 Å². The minimum atomic E-state index is -0.260. The number of carbonyl (C=O) groups is 1. The van der Waals surface area contributed by atoms with Gasteiger partial charge < -0.3 is 10.1 Å². The van der Waals surface area contributed by atoms with E-state index in [1.807, 2.05) is 19.2 Å². The number of hydrogen-bond donors (Lipinski definition) is 1. The molecule has 0 spiro atoms. The number of benzene rings is 1. The van der Waals surface area contributed by atoms with Crippen molar-refractivity contribution in [1.29, 1.82) is 0 Å². The minimum absolute atomic E-state index is 0.0676. The van der Waals surface area contributed by atoms with E-state index in [0.29, 0.717) is 6.61 Å². The lowest BCUT2D eigenvalue weighted by Crippen LogP contribution is -2.40. The Bertz CT molecular complexity index is 448. The molecule has 19 heavy (non-hydrogen) atoms. The molecule has 2 rings (SSSR count). The summed E-state index contributed by atoms with van der Waals surface area (Å²) in [5, 5.41) is 3.09. The maximum absolute atomic E-state index is 11.8. The molecular weight excluding hydrogens is 240 g/mol. The number of hydrogen-bond acceptors (Lipinski definition) is 3. The van der Waals surface area contributed by atoms with Gasteiger partial charge in [-0.1, -0.05) is 32.9 Å². The van der Waals surface area contributed by atoms with E-state index in [-0.39, 0.29) is 17.6 Å². The quantitative estimate of drug-likeness (QED) is 0.910. The number of ether oxygens (including phenoxy) is 1. The fourth-order valence-corrected chi connectivity index (χ4v) is 2.28. The number of amides is 1. The van der Waals surface area contributed by atoms with Crippen molar-refractivity contribution in [1.82, 2.24) is 5.32 Å². The average Bonchev–Trinajstić information content (AvgIpc) is 2.70. The summed E-state index contributed by atoms with van der Waals surface area (Å²) in [7, 11) is 1.88. The molecule has 0 bridgehead atoms. The van der Waals surface area contributed by atoms with Gasteiger partial charge in [0.2, 0.25) is 0 Å². The summed E-state index contributed by atoms with van der Waals surface area (Å²) in [6.45, 7) is 7.70. The molecule has 1 aliphatic rings. The molecule has 1 aromatic rings. The number of rotatable bonds is 3. The Balaban J connectivity index is 2.23. The van der Waals surface area contributed by atoms with Crippen LogP contribution in [-0.4, -0.2) is 32.3 Å². The minimum Gasteiger partial charge on any atom is -0.447 e. The van der Waals surface area contributed by atoms with E-state index in [9.17, 15) is 4.79 Å². The molecule has 1 aromatic carbocycles. The van der Waals surface area contributed by atoms with Gasteiger partial charge in [0.15, 0.2) is 0 Å². The Hall–Kier alpha value is -1.55. The van der Waals surface area contributed by atoms with Crippen LogP contribution < -0.4 is 10.2 Å². The van der Waals surface area contributed by atoms with E-state index < -0.39 is 0 Å². The predicted octanol–water partition coefficient (Wildman–Crippen LogP) is 2.53. The molecule has 1 N–H and O–H groups in total. The van der Waals surface area contributed by atoms with Crippen LogP contribution in [0.25, 0.3) is 0 Å². The molecule has 1 saturated heterocycles.